The van der Waals surface area contributed by atoms with Crippen molar-refractivity contribution in [2.45, 2.75) is 18.9 Å². The Morgan fingerprint density at radius 2 is 2.11 bits per heavy atom. The third-order valence-corrected chi connectivity index (χ3v) is 4.43. The summed E-state index contributed by atoms with van der Waals surface area (Å²) in [6.45, 7) is 1.32. The number of morpholine rings is 1. The van der Waals surface area contributed by atoms with Gasteiger partial charge in [0.1, 0.15) is 5.75 Å². The van der Waals surface area contributed by atoms with Crippen LogP contribution in [0.2, 0.25) is 0 Å². The van der Waals surface area contributed by atoms with E-state index >= 15 is 0 Å². The summed E-state index contributed by atoms with van der Waals surface area (Å²) in [5.74, 6) is 0.493. The Kier molecular flexibility index (Phi) is 6.38. The minimum absolute atomic E-state index is 0.0105. The van der Waals surface area contributed by atoms with Crippen LogP contribution in [-0.4, -0.2) is 54.6 Å². The molecule has 0 aliphatic carbocycles. The Balaban J connectivity index is 1.61. The average molecular weight is 369 g/mol. The lowest BCUT2D eigenvalue weighted by Gasteiger charge is -2.35. The number of nitrogens with one attached hydrogen (secondary N) is 1. The molecule has 3 rings (SSSR count). The van der Waals surface area contributed by atoms with Crippen molar-refractivity contribution in [1.82, 2.24) is 9.88 Å². The zero-order chi connectivity index (χ0) is 19.1. The Morgan fingerprint density at radius 3 is 2.89 bits per heavy atom. The van der Waals surface area contributed by atoms with Gasteiger partial charge < -0.3 is 19.7 Å². The van der Waals surface area contributed by atoms with E-state index < -0.39 is 0 Å². The number of hydrogen-bond acceptors (Lipinski definition) is 5. The van der Waals surface area contributed by atoms with Crippen LogP contribution >= 0.6 is 0 Å². The molecule has 7 nitrogen and oxygen atoms in total. The van der Waals surface area contributed by atoms with Gasteiger partial charge in [0.05, 0.1) is 32.8 Å². The van der Waals surface area contributed by atoms with Gasteiger partial charge in [0.15, 0.2) is 0 Å². The fourth-order valence-corrected chi connectivity index (χ4v) is 3.06. The van der Waals surface area contributed by atoms with Crippen LogP contribution in [-0.2, 0) is 20.7 Å². The minimum atomic E-state index is -0.279. The number of nitrogens with zero attached hydrogens (tertiary/aromatic N) is 2. The smallest absolute Gasteiger partial charge is 0.227 e. The fourth-order valence-electron chi connectivity index (χ4n) is 3.06. The molecule has 2 aromatic rings. The first-order chi connectivity index (χ1) is 13.2. The molecule has 27 heavy (non-hydrogen) atoms. The second-order valence-corrected chi connectivity index (χ2v) is 6.33. The molecule has 2 amide bonds. The lowest BCUT2D eigenvalue weighted by molar-refractivity contribution is -0.140. The molecule has 1 aliphatic heterocycles. The summed E-state index contributed by atoms with van der Waals surface area (Å²) in [6, 6.07) is 10.5. The van der Waals surface area contributed by atoms with Gasteiger partial charge in [-0.05, 0) is 29.8 Å². The topological polar surface area (TPSA) is 80.8 Å². The van der Waals surface area contributed by atoms with Crippen molar-refractivity contribution in [3.8, 4) is 5.75 Å². The van der Waals surface area contributed by atoms with Gasteiger partial charge in [0.25, 0.3) is 0 Å². The van der Waals surface area contributed by atoms with Gasteiger partial charge in [-0.3, -0.25) is 14.6 Å². The van der Waals surface area contributed by atoms with Crippen molar-refractivity contribution in [2.75, 3.05) is 32.2 Å². The molecule has 1 saturated heterocycles. The lowest BCUT2D eigenvalue weighted by atomic mass is 10.1. The largest absolute Gasteiger partial charge is 0.497 e. The van der Waals surface area contributed by atoms with Gasteiger partial charge >= 0.3 is 0 Å². The van der Waals surface area contributed by atoms with Gasteiger partial charge in [-0.25, -0.2) is 0 Å². The highest BCUT2D eigenvalue weighted by Crippen LogP contribution is 2.18. The number of amides is 2. The molecule has 0 radical (unpaired) electrons. The van der Waals surface area contributed by atoms with E-state index in [1.165, 1.54) is 0 Å². The molecule has 0 saturated carbocycles. The normalized spacial score (nSPS) is 16.6. The maximum atomic E-state index is 12.7. The number of carbonyl (C=O) groups excluding carboxylic acids is 2. The van der Waals surface area contributed by atoms with E-state index in [2.05, 4.69) is 10.3 Å². The van der Waals surface area contributed by atoms with E-state index in [9.17, 15) is 9.59 Å². The summed E-state index contributed by atoms with van der Waals surface area (Å²) < 4.78 is 10.7. The minimum Gasteiger partial charge on any atom is -0.497 e. The van der Waals surface area contributed by atoms with Crippen LogP contribution in [0.5, 0.6) is 5.75 Å². The maximum absolute atomic E-state index is 12.7. The van der Waals surface area contributed by atoms with Crippen LogP contribution in [0.15, 0.2) is 48.8 Å². The van der Waals surface area contributed by atoms with Crippen molar-refractivity contribution in [1.29, 1.82) is 0 Å². The van der Waals surface area contributed by atoms with E-state index in [-0.39, 0.29) is 30.7 Å². The predicted molar refractivity (Wildman–Crippen MR) is 101 cm³/mol. The Labute approximate surface area is 158 Å². The van der Waals surface area contributed by atoms with E-state index in [0.717, 1.165) is 5.56 Å². The molecule has 1 aliphatic rings. The number of ether oxygens (including phenoxy) is 2. The van der Waals surface area contributed by atoms with E-state index in [0.29, 0.717) is 31.2 Å². The van der Waals surface area contributed by atoms with Crippen molar-refractivity contribution >= 4 is 17.5 Å². The number of rotatable bonds is 6. The van der Waals surface area contributed by atoms with Crippen LogP contribution in [0.1, 0.15) is 12.0 Å². The highest BCUT2D eigenvalue weighted by atomic mass is 16.5. The first kappa shape index (κ1) is 18.8. The summed E-state index contributed by atoms with van der Waals surface area (Å²) >= 11 is 0. The van der Waals surface area contributed by atoms with Crippen molar-refractivity contribution < 1.29 is 19.1 Å². The standard InChI is InChI=1S/C20H23N3O4/c1-26-18-4-2-3-16(12-18)22-19(24)13-17-14-27-10-9-23(17)20(25)11-15-5-7-21-8-6-15/h2-8,12,17H,9-11,13-14H2,1H3,(H,22,24)/t17-/m1/s1. The summed E-state index contributed by atoms with van der Waals surface area (Å²) in [4.78, 5) is 30.9. The maximum Gasteiger partial charge on any atom is 0.227 e. The number of anilines is 1. The number of pyridine rings is 1. The first-order valence-electron chi connectivity index (χ1n) is 8.85. The molecule has 0 unspecified atom stereocenters. The van der Waals surface area contributed by atoms with Gasteiger partial charge in [0.2, 0.25) is 11.8 Å². The van der Waals surface area contributed by atoms with Crippen LogP contribution in [0.4, 0.5) is 5.69 Å². The van der Waals surface area contributed by atoms with Crippen LogP contribution in [0.3, 0.4) is 0 Å². The summed E-state index contributed by atoms with van der Waals surface area (Å²) in [6.07, 6.45) is 3.80. The molecular formula is C20H23N3O4. The monoisotopic (exact) mass is 369 g/mol. The molecule has 1 aromatic heterocycles. The molecule has 1 atom stereocenters. The summed E-state index contributed by atoms with van der Waals surface area (Å²) in [5.41, 5.74) is 1.56. The van der Waals surface area contributed by atoms with Crippen molar-refractivity contribution in [3.05, 3.63) is 54.4 Å². The highest BCUT2D eigenvalue weighted by molar-refractivity contribution is 5.91. The predicted octanol–water partition coefficient (Wildman–Crippen LogP) is 1.89. The second-order valence-electron chi connectivity index (χ2n) is 6.33. The number of carbonyl (C=O) groups is 2. The van der Waals surface area contributed by atoms with Gasteiger partial charge in [-0.15, -0.1) is 0 Å². The molecule has 1 fully saturated rings. The van der Waals surface area contributed by atoms with E-state index in [4.69, 9.17) is 9.47 Å². The van der Waals surface area contributed by atoms with E-state index in [1.54, 1.807) is 36.5 Å². The first-order valence-corrected chi connectivity index (χ1v) is 8.85. The average Bonchev–Trinajstić information content (AvgIpc) is 2.69. The Hall–Kier alpha value is -2.93. The SMILES string of the molecule is COc1cccc(NC(=O)C[C@@H]2COCCN2C(=O)Cc2ccncc2)c1. The summed E-state index contributed by atoms with van der Waals surface area (Å²) in [7, 11) is 1.58. The number of benzene rings is 1. The number of methoxy groups -OCH3 is 1. The molecule has 7 heteroatoms. The molecule has 1 aromatic carbocycles. The van der Waals surface area contributed by atoms with Crippen molar-refractivity contribution in [2.24, 2.45) is 0 Å². The zero-order valence-electron chi connectivity index (χ0n) is 15.3. The van der Waals surface area contributed by atoms with E-state index in [1.807, 2.05) is 24.3 Å². The number of hydrogen-bond donors (Lipinski definition) is 1. The Bertz CT molecular complexity index is 782. The molecule has 2 heterocycles. The molecular weight excluding hydrogens is 346 g/mol. The molecule has 0 spiro atoms. The fraction of sp³-hybridized carbons (Fsp3) is 0.350. The lowest BCUT2D eigenvalue weighted by Crippen LogP contribution is -2.50. The molecule has 0 bridgehead atoms. The highest BCUT2D eigenvalue weighted by Gasteiger charge is 2.29. The van der Waals surface area contributed by atoms with Crippen LogP contribution in [0.25, 0.3) is 0 Å². The third-order valence-electron chi connectivity index (χ3n) is 4.43. The zero-order valence-corrected chi connectivity index (χ0v) is 15.3. The Morgan fingerprint density at radius 1 is 1.30 bits per heavy atom. The van der Waals surface area contributed by atoms with Gasteiger partial charge in [-0.1, -0.05) is 6.07 Å². The summed E-state index contributed by atoms with van der Waals surface area (Å²) in [5, 5.41) is 2.85. The second kappa shape index (κ2) is 9.14. The molecule has 142 valence electrons. The van der Waals surface area contributed by atoms with Gasteiger partial charge in [0, 0.05) is 37.1 Å². The molecule has 1 N–H and O–H groups in total. The number of aromatic nitrogens is 1. The third kappa shape index (κ3) is 5.27. The van der Waals surface area contributed by atoms with Gasteiger partial charge in [-0.2, -0.15) is 0 Å². The van der Waals surface area contributed by atoms with Crippen molar-refractivity contribution in [3.63, 3.8) is 0 Å². The van der Waals surface area contributed by atoms with Crippen LogP contribution in [0, 0.1) is 0 Å². The van der Waals surface area contributed by atoms with Crippen LogP contribution < -0.4 is 10.1 Å². The quantitative estimate of drug-likeness (QED) is 0.841.